The second kappa shape index (κ2) is 9.54. The van der Waals surface area contributed by atoms with E-state index in [0.29, 0.717) is 0 Å². The van der Waals surface area contributed by atoms with Crippen LogP contribution < -0.4 is 5.32 Å². The van der Waals surface area contributed by atoms with Gasteiger partial charge >= 0.3 is 0 Å². The van der Waals surface area contributed by atoms with E-state index in [0.717, 1.165) is 13.0 Å². The van der Waals surface area contributed by atoms with Crippen LogP contribution in [-0.4, -0.2) is 6.54 Å². The summed E-state index contributed by atoms with van der Waals surface area (Å²) in [4.78, 5) is 0. The maximum absolute atomic E-state index is 3.26. The van der Waals surface area contributed by atoms with Crippen LogP contribution in [0.2, 0.25) is 0 Å². The molecule has 0 aromatic carbocycles. The Hall–Kier alpha value is -0.460. The number of allylic oxidation sites excluding steroid dienone is 1. The average Bonchev–Trinajstić information content (AvgIpc) is 2.03. The topological polar surface area (TPSA) is 12.0 Å². The van der Waals surface area contributed by atoms with Crippen molar-refractivity contribution in [2.24, 2.45) is 0 Å². The monoisotopic (exact) mass is 155 g/mol. The zero-order chi connectivity index (χ0) is 8.36. The molecule has 0 amide bonds. The van der Waals surface area contributed by atoms with E-state index in [1.807, 2.05) is 0 Å². The highest BCUT2D eigenvalue weighted by atomic mass is 14.8. The van der Waals surface area contributed by atoms with Gasteiger partial charge in [-0.05, 0) is 19.0 Å². The predicted molar refractivity (Wildman–Crippen MR) is 51.6 cm³/mol. The number of nitrogens with one attached hydrogen (secondary N) is 1. The minimum absolute atomic E-state index is 1.13. The summed E-state index contributed by atoms with van der Waals surface area (Å²) in [5.74, 6) is 0. The molecule has 1 N–H and O–H groups in total. The van der Waals surface area contributed by atoms with E-state index in [9.17, 15) is 0 Å². The van der Waals surface area contributed by atoms with Crippen molar-refractivity contribution in [3.8, 4) is 0 Å². The van der Waals surface area contributed by atoms with E-state index in [-0.39, 0.29) is 0 Å². The molecule has 66 valence electrons. The SMILES string of the molecule is CCC=CNCCCCCC. The molecular weight excluding hydrogens is 134 g/mol. The lowest BCUT2D eigenvalue weighted by Crippen LogP contribution is -2.06. The molecule has 0 radical (unpaired) electrons. The summed E-state index contributed by atoms with van der Waals surface area (Å²) in [6, 6.07) is 0. The highest BCUT2D eigenvalue weighted by molar-refractivity contribution is 4.77. The molecule has 0 unspecified atom stereocenters. The van der Waals surface area contributed by atoms with Crippen LogP contribution in [0.3, 0.4) is 0 Å². The number of unbranched alkanes of at least 4 members (excludes halogenated alkanes) is 3. The Morgan fingerprint density at radius 1 is 1.09 bits per heavy atom. The molecule has 0 aliphatic rings. The van der Waals surface area contributed by atoms with Gasteiger partial charge in [-0.25, -0.2) is 0 Å². The minimum atomic E-state index is 1.13. The van der Waals surface area contributed by atoms with Gasteiger partial charge in [0.15, 0.2) is 0 Å². The summed E-state index contributed by atoms with van der Waals surface area (Å²) in [6.07, 6.45) is 10.7. The molecule has 0 saturated heterocycles. The van der Waals surface area contributed by atoms with Crippen molar-refractivity contribution < 1.29 is 0 Å². The molecule has 1 nitrogen and oxygen atoms in total. The maximum atomic E-state index is 3.26. The first-order valence-electron chi connectivity index (χ1n) is 4.80. The molecule has 0 aliphatic carbocycles. The Morgan fingerprint density at radius 2 is 1.91 bits per heavy atom. The average molecular weight is 155 g/mol. The van der Waals surface area contributed by atoms with Crippen LogP contribution >= 0.6 is 0 Å². The van der Waals surface area contributed by atoms with Crippen molar-refractivity contribution in [2.45, 2.75) is 46.0 Å². The fourth-order valence-electron chi connectivity index (χ4n) is 0.938. The highest BCUT2D eigenvalue weighted by Crippen LogP contribution is 1.96. The molecular formula is C10H21N. The molecule has 1 heteroatoms. The first-order valence-corrected chi connectivity index (χ1v) is 4.80. The summed E-state index contributed by atoms with van der Waals surface area (Å²) in [5, 5.41) is 3.26. The molecule has 0 rings (SSSR count). The van der Waals surface area contributed by atoms with Crippen molar-refractivity contribution >= 4 is 0 Å². The summed E-state index contributed by atoms with van der Waals surface area (Å²) < 4.78 is 0. The lowest BCUT2D eigenvalue weighted by Gasteiger charge is -1.98. The van der Waals surface area contributed by atoms with Crippen molar-refractivity contribution in [3.63, 3.8) is 0 Å². The van der Waals surface area contributed by atoms with Crippen molar-refractivity contribution in [2.75, 3.05) is 6.54 Å². The van der Waals surface area contributed by atoms with E-state index >= 15 is 0 Å². The number of hydrogen-bond acceptors (Lipinski definition) is 1. The van der Waals surface area contributed by atoms with Gasteiger partial charge in [0.05, 0.1) is 0 Å². The van der Waals surface area contributed by atoms with Crippen LogP contribution in [0, 0.1) is 0 Å². The molecule has 0 bridgehead atoms. The molecule has 0 atom stereocenters. The molecule has 0 aromatic rings. The Kier molecular flexibility index (Phi) is 9.14. The van der Waals surface area contributed by atoms with Crippen LogP contribution in [0.15, 0.2) is 12.3 Å². The van der Waals surface area contributed by atoms with E-state index < -0.39 is 0 Å². The third-order valence-corrected chi connectivity index (χ3v) is 1.65. The maximum Gasteiger partial charge on any atom is 0.0141 e. The van der Waals surface area contributed by atoms with E-state index in [1.165, 1.54) is 25.7 Å². The minimum Gasteiger partial charge on any atom is -0.391 e. The first-order chi connectivity index (χ1) is 5.41. The first kappa shape index (κ1) is 10.5. The summed E-state index contributed by atoms with van der Waals surface area (Å²) in [7, 11) is 0. The van der Waals surface area contributed by atoms with Gasteiger partial charge in [-0.3, -0.25) is 0 Å². The third kappa shape index (κ3) is 9.54. The van der Waals surface area contributed by atoms with Crippen LogP contribution in [0.1, 0.15) is 46.0 Å². The number of rotatable bonds is 7. The van der Waals surface area contributed by atoms with Gasteiger partial charge < -0.3 is 5.32 Å². The predicted octanol–water partition coefficient (Wildman–Crippen LogP) is 3.08. The van der Waals surface area contributed by atoms with Gasteiger partial charge in [-0.1, -0.05) is 39.2 Å². The zero-order valence-corrected chi connectivity index (χ0v) is 7.90. The molecule has 0 spiro atoms. The van der Waals surface area contributed by atoms with Gasteiger partial charge in [0.1, 0.15) is 0 Å². The normalized spacial score (nSPS) is 10.7. The fourth-order valence-corrected chi connectivity index (χ4v) is 0.938. The van der Waals surface area contributed by atoms with Crippen LogP contribution in [0.25, 0.3) is 0 Å². The Balaban J connectivity index is 2.85. The molecule has 0 aliphatic heterocycles. The van der Waals surface area contributed by atoms with Crippen molar-refractivity contribution in [3.05, 3.63) is 12.3 Å². The van der Waals surface area contributed by atoms with E-state index in [4.69, 9.17) is 0 Å². The molecule has 0 aromatic heterocycles. The molecule has 11 heavy (non-hydrogen) atoms. The van der Waals surface area contributed by atoms with Gasteiger partial charge in [0, 0.05) is 6.54 Å². The second-order valence-corrected chi connectivity index (χ2v) is 2.83. The quantitative estimate of drug-likeness (QED) is 0.557. The Bertz CT molecular complexity index is 86.9. The highest BCUT2D eigenvalue weighted by Gasteiger charge is 1.83. The summed E-state index contributed by atoms with van der Waals surface area (Å²) >= 11 is 0. The van der Waals surface area contributed by atoms with Crippen LogP contribution in [0.5, 0.6) is 0 Å². The van der Waals surface area contributed by atoms with Crippen LogP contribution in [-0.2, 0) is 0 Å². The van der Waals surface area contributed by atoms with Gasteiger partial charge in [-0.2, -0.15) is 0 Å². The molecule has 0 heterocycles. The Morgan fingerprint density at radius 3 is 2.55 bits per heavy atom. The van der Waals surface area contributed by atoms with E-state index in [2.05, 4.69) is 31.4 Å². The van der Waals surface area contributed by atoms with Gasteiger partial charge in [-0.15, -0.1) is 0 Å². The lowest BCUT2D eigenvalue weighted by atomic mass is 10.2. The van der Waals surface area contributed by atoms with Crippen molar-refractivity contribution in [1.29, 1.82) is 0 Å². The lowest BCUT2D eigenvalue weighted by molar-refractivity contribution is 0.645. The van der Waals surface area contributed by atoms with Gasteiger partial charge in [0.25, 0.3) is 0 Å². The summed E-state index contributed by atoms with van der Waals surface area (Å²) in [6.45, 7) is 5.52. The van der Waals surface area contributed by atoms with Crippen LogP contribution in [0.4, 0.5) is 0 Å². The number of hydrogen-bond donors (Lipinski definition) is 1. The van der Waals surface area contributed by atoms with E-state index in [1.54, 1.807) is 0 Å². The Labute approximate surface area is 70.9 Å². The second-order valence-electron chi connectivity index (χ2n) is 2.83. The summed E-state index contributed by atoms with van der Waals surface area (Å²) in [5.41, 5.74) is 0. The third-order valence-electron chi connectivity index (χ3n) is 1.65. The molecule has 0 fully saturated rings. The fraction of sp³-hybridized carbons (Fsp3) is 0.800. The zero-order valence-electron chi connectivity index (χ0n) is 7.90. The van der Waals surface area contributed by atoms with Gasteiger partial charge in [0.2, 0.25) is 0 Å². The standard InChI is InChI=1S/C10H21N/c1-3-5-7-8-10-11-9-6-4-2/h6,9,11H,3-5,7-8,10H2,1-2H3. The van der Waals surface area contributed by atoms with Crippen molar-refractivity contribution in [1.82, 2.24) is 5.32 Å². The smallest absolute Gasteiger partial charge is 0.0141 e. The largest absolute Gasteiger partial charge is 0.391 e. The molecule has 0 saturated carbocycles.